The number of aryl methyl sites for hydroxylation is 2. The topological polar surface area (TPSA) is 16.8 Å². The van der Waals surface area contributed by atoms with E-state index in [0.717, 1.165) is 5.52 Å². The van der Waals surface area contributed by atoms with Crippen LogP contribution < -0.4 is 4.57 Å². The molecule has 4 rings (SSSR count). The lowest BCUT2D eigenvalue weighted by atomic mass is 9.96. The minimum absolute atomic E-state index is 0.523. The molecule has 0 fully saturated rings. The smallest absolute Gasteiger partial charge is 0.231 e. The van der Waals surface area contributed by atoms with Crippen molar-refractivity contribution in [2.45, 2.75) is 26.7 Å². The van der Waals surface area contributed by atoms with E-state index in [9.17, 15) is 0 Å². The summed E-state index contributed by atoms with van der Waals surface area (Å²) in [5, 5.41) is 1.25. The quantitative estimate of drug-likeness (QED) is 0.450. The molecule has 0 aliphatic rings. The van der Waals surface area contributed by atoms with Gasteiger partial charge in [-0.2, -0.15) is 0 Å². The van der Waals surface area contributed by atoms with Crippen LogP contribution in [0.15, 0.2) is 48.8 Å². The number of hydrogen-bond donors (Lipinski definition) is 0. The summed E-state index contributed by atoms with van der Waals surface area (Å²) in [6.45, 7) is 6.69. The molecule has 120 valence electrons. The van der Waals surface area contributed by atoms with Gasteiger partial charge in [0.2, 0.25) is 5.52 Å². The molecule has 0 unspecified atom stereocenters. The first-order valence-electron chi connectivity index (χ1n) is 8.33. The molecule has 0 N–H and O–H groups in total. The van der Waals surface area contributed by atoms with Gasteiger partial charge in [-0.15, -0.1) is 11.3 Å². The van der Waals surface area contributed by atoms with Crippen LogP contribution in [0.1, 0.15) is 30.9 Å². The van der Waals surface area contributed by atoms with Gasteiger partial charge in [0, 0.05) is 15.6 Å². The summed E-state index contributed by atoms with van der Waals surface area (Å²) in [4.78, 5) is 4.72. The number of thiophene rings is 1. The van der Waals surface area contributed by atoms with Crippen molar-refractivity contribution in [1.29, 1.82) is 0 Å². The lowest BCUT2D eigenvalue weighted by molar-refractivity contribution is -0.662. The minimum Gasteiger partial charge on any atom is -0.231 e. The summed E-state index contributed by atoms with van der Waals surface area (Å²) in [6.07, 6.45) is 1.94. The Hall–Kier alpha value is -2.26. The van der Waals surface area contributed by atoms with Crippen LogP contribution in [0.25, 0.3) is 31.6 Å². The van der Waals surface area contributed by atoms with E-state index in [1.165, 1.54) is 37.2 Å². The van der Waals surface area contributed by atoms with Crippen LogP contribution >= 0.6 is 11.3 Å². The molecule has 2 nitrogen and oxygen atoms in total. The summed E-state index contributed by atoms with van der Waals surface area (Å²) in [5.74, 6) is 0.523. The maximum atomic E-state index is 4.72. The predicted octanol–water partition coefficient (Wildman–Crippen LogP) is 5.37. The van der Waals surface area contributed by atoms with Gasteiger partial charge in [0.25, 0.3) is 6.33 Å². The lowest BCUT2D eigenvalue weighted by Gasteiger charge is -2.11. The summed E-state index contributed by atoms with van der Waals surface area (Å²) < 4.78 is 4.72. The Balaban J connectivity index is 2.10. The third kappa shape index (κ3) is 2.31. The lowest BCUT2D eigenvalue weighted by Crippen LogP contribution is -2.31. The van der Waals surface area contributed by atoms with Gasteiger partial charge in [0.15, 0.2) is 5.69 Å². The van der Waals surface area contributed by atoms with Crippen LogP contribution in [-0.4, -0.2) is 4.98 Å². The second kappa shape index (κ2) is 5.67. The van der Waals surface area contributed by atoms with Gasteiger partial charge in [-0.25, -0.2) is 4.57 Å². The van der Waals surface area contributed by atoms with E-state index in [4.69, 9.17) is 4.98 Å². The number of fused-ring (bicyclic) bond motifs is 3. The van der Waals surface area contributed by atoms with Crippen molar-refractivity contribution < 1.29 is 4.57 Å². The summed E-state index contributed by atoms with van der Waals surface area (Å²) in [7, 11) is 2.09. The summed E-state index contributed by atoms with van der Waals surface area (Å²) >= 11 is 1.84. The fourth-order valence-electron chi connectivity index (χ4n) is 3.25. The molecule has 0 saturated carbocycles. The fraction of sp³-hybridized carbons (Fsp3) is 0.238. The van der Waals surface area contributed by atoms with Crippen molar-refractivity contribution in [2.75, 3.05) is 0 Å². The second-order valence-electron chi connectivity index (χ2n) is 6.71. The Morgan fingerprint density at radius 3 is 2.67 bits per heavy atom. The van der Waals surface area contributed by atoms with Crippen LogP contribution in [0.5, 0.6) is 0 Å². The largest absolute Gasteiger partial charge is 0.287 e. The Morgan fingerprint density at radius 2 is 1.88 bits per heavy atom. The number of benzene rings is 2. The van der Waals surface area contributed by atoms with E-state index >= 15 is 0 Å². The molecule has 0 amide bonds. The van der Waals surface area contributed by atoms with E-state index < -0.39 is 0 Å². The van der Waals surface area contributed by atoms with Gasteiger partial charge in [-0.1, -0.05) is 38.1 Å². The molecule has 0 spiro atoms. The normalized spacial score (nSPS) is 11.7. The van der Waals surface area contributed by atoms with Crippen molar-refractivity contribution in [3.8, 4) is 11.3 Å². The SMILES string of the molecule is Cc1ccc(C(C)C)cc1-c1c2sc3ccccc3c2nc[n+]1C. The molecule has 0 radical (unpaired) electrons. The highest BCUT2D eigenvalue weighted by atomic mass is 32.1. The van der Waals surface area contributed by atoms with Gasteiger partial charge in [0.05, 0.1) is 7.05 Å². The average molecular weight is 333 g/mol. The van der Waals surface area contributed by atoms with Gasteiger partial charge < -0.3 is 0 Å². The molecular weight excluding hydrogens is 312 g/mol. The summed E-state index contributed by atoms with van der Waals surface area (Å²) in [5.41, 5.74) is 6.36. The van der Waals surface area contributed by atoms with Gasteiger partial charge in [0.1, 0.15) is 4.70 Å². The third-order valence-corrected chi connectivity index (χ3v) is 5.85. The van der Waals surface area contributed by atoms with E-state index in [1.807, 2.05) is 17.7 Å². The number of hydrogen-bond acceptors (Lipinski definition) is 2. The first kappa shape index (κ1) is 15.3. The van der Waals surface area contributed by atoms with Crippen molar-refractivity contribution in [3.63, 3.8) is 0 Å². The monoisotopic (exact) mass is 333 g/mol. The number of aromatic nitrogens is 2. The van der Waals surface area contributed by atoms with E-state index in [1.54, 1.807) is 0 Å². The van der Waals surface area contributed by atoms with Crippen molar-refractivity contribution in [1.82, 2.24) is 4.98 Å². The molecule has 24 heavy (non-hydrogen) atoms. The summed E-state index contributed by atoms with van der Waals surface area (Å²) in [6, 6.07) is 15.4. The van der Waals surface area contributed by atoms with E-state index in [0.29, 0.717) is 5.92 Å². The molecule has 0 aliphatic heterocycles. The first-order chi connectivity index (χ1) is 11.6. The minimum atomic E-state index is 0.523. The van der Waals surface area contributed by atoms with Gasteiger partial charge in [-0.05, 0) is 47.2 Å². The third-order valence-electron chi connectivity index (χ3n) is 4.68. The highest BCUT2D eigenvalue weighted by Gasteiger charge is 2.21. The highest BCUT2D eigenvalue weighted by molar-refractivity contribution is 7.26. The van der Waals surface area contributed by atoms with Crippen LogP contribution in [0.4, 0.5) is 0 Å². The maximum Gasteiger partial charge on any atom is 0.287 e. The maximum absolute atomic E-state index is 4.72. The fourth-order valence-corrected chi connectivity index (χ4v) is 4.50. The molecular formula is C21H21N2S+. The zero-order valence-corrected chi connectivity index (χ0v) is 15.3. The molecule has 3 heteroatoms. The molecule has 2 heterocycles. The number of rotatable bonds is 2. The Labute approximate surface area is 146 Å². The Kier molecular flexibility index (Phi) is 3.61. The van der Waals surface area contributed by atoms with E-state index in [2.05, 4.69) is 74.9 Å². The van der Waals surface area contributed by atoms with Crippen molar-refractivity contribution in [2.24, 2.45) is 7.05 Å². The molecule has 0 atom stereocenters. The van der Waals surface area contributed by atoms with Crippen LogP contribution in [-0.2, 0) is 7.05 Å². The first-order valence-corrected chi connectivity index (χ1v) is 9.14. The standard InChI is InChI=1S/C21H21N2S/c1-13(2)15-10-9-14(3)17(11-15)20-21-19(22-12-23(20)4)16-7-5-6-8-18(16)24-21/h5-13H,1-4H3/q+1. The molecule has 0 bridgehead atoms. The Bertz CT molecular complexity index is 1060. The van der Waals surface area contributed by atoms with Crippen LogP contribution in [0.2, 0.25) is 0 Å². The number of nitrogens with zero attached hydrogens (tertiary/aromatic N) is 2. The van der Waals surface area contributed by atoms with Crippen LogP contribution in [0.3, 0.4) is 0 Å². The van der Waals surface area contributed by atoms with Crippen molar-refractivity contribution in [3.05, 3.63) is 59.9 Å². The Morgan fingerprint density at radius 1 is 1.08 bits per heavy atom. The van der Waals surface area contributed by atoms with Gasteiger partial charge >= 0.3 is 0 Å². The average Bonchev–Trinajstić information content (AvgIpc) is 2.94. The molecule has 0 aliphatic carbocycles. The zero-order valence-electron chi connectivity index (χ0n) is 14.5. The van der Waals surface area contributed by atoms with Crippen LogP contribution in [0, 0.1) is 6.92 Å². The molecule has 4 aromatic rings. The van der Waals surface area contributed by atoms with E-state index in [-0.39, 0.29) is 0 Å². The highest BCUT2D eigenvalue weighted by Crippen LogP contribution is 2.38. The van der Waals surface area contributed by atoms with Gasteiger partial charge in [-0.3, -0.25) is 0 Å². The molecule has 2 aromatic carbocycles. The second-order valence-corrected chi connectivity index (χ2v) is 7.76. The zero-order chi connectivity index (χ0) is 16.8. The van der Waals surface area contributed by atoms with Crippen molar-refractivity contribution >= 4 is 31.6 Å². The molecule has 2 aromatic heterocycles. The predicted molar refractivity (Wildman–Crippen MR) is 103 cm³/mol. The molecule has 0 saturated heterocycles.